The molecule has 3 rings (SSSR count). The molecule has 1 aromatic carbocycles. The average Bonchev–Trinajstić information content (AvgIpc) is 2.80. The number of aromatic nitrogens is 2. The van der Waals surface area contributed by atoms with Crippen LogP contribution < -0.4 is 5.73 Å². The Morgan fingerprint density at radius 3 is 2.91 bits per heavy atom. The number of hydrogen-bond donors (Lipinski definition) is 1. The molecule has 0 unspecified atom stereocenters. The summed E-state index contributed by atoms with van der Waals surface area (Å²) in [6, 6.07) is 9.52. The molecule has 2 heterocycles. The van der Waals surface area contributed by atoms with Crippen LogP contribution in [0, 0.1) is 6.92 Å². The van der Waals surface area contributed by atoms with Crippen molar-refractivity contribution in [2.45, 2.75) is 13.5 Å². The first-order valence-electron chi connectivity index (χ1n) is 7.35. The smallest absolute Gasteiger partial charge is 0.117 e. The monoisotopic (exact) mass is 329 g/mol. The van der Waals surface area contributed by atoms with Gasteiger partial charge in [-0.2, -0.15) is 0 Å². The van der Waals surface area contributed by atoms with E-state index in [2.05, 4.69) is 4.98 Å². The predicted molar refractivity (Wildman–Crippen MR) is 93.2 cm³/mol. The third-order valence-electron chi connectivity index (χ3n) is 3.88. The van der Waals surface area contributed by atoms with Crippen molar-refractivity contribution in [3.63, 3.8) is 0 Å². The highest BCUT2D eigenvalue weighted by molar-refractivity contribution is 6.31. The van der Waals surface area contributed by atoms with Gasteiger partial charge in [-0.25, -0.2) is 4.39 Å². The van der Waals surface area contributed by atoms with Crippen molar-refractivity contribution in [1.82, 2.24) is 9.55 Å². The van der Waals surface area contributed by atoms with Gasteiger partial charge >= 0.3 is 0 Å². The zero-order valence-electron chi connectivity index (χ0n) is 12.8. The SMILES string of the molecule is Cc1c(-c2cccnc2)c2cc(Cl)ccc2n1C/C(F)=C/CN. The minimum absolute atomic E-state index is 0.154. The van der Waals surface area contributed by atoms with Crippen LogP contribution in [-0.4, -0.2) is 16.1 Å². The van der Waals surface area contributed by atoms with E-state index in [-0.39, 0.29) is 18.9 Å². The number of nitrogens with zero attached hydrogens (tertiary/aromatic N) is 2. The Morgan fingerprint density at radius 2 is 2.22 bits per heavy atom. The van der Waals surface area contributed by atoms with Crippen molar-refractivity contribution in [2.75, 3.05) is 6.54 Å². The fraction of sp³-hybridized carbons (Fsp3) is 0.167. The Labute approximate surface area is 139 Å². The lowest BCUT2D eigenvalue weighted by Gasteiger charge is -2.07. The van der Waals surface area contributed by atoms with Crippen LogP contribution in [0.5, 0.6) is 0 Å². The van der Waals surface area contributed by atoms with E-state index in [0.717, 1.165) is 27.7 Å². The molecule has 0 atom stereocenters. The van der Waals surface area contributed by atoms with E-state index in [0.29, 0.717) is 5.02 Å². The summed E-state index contributed by atoms with van der Waals surface area (Å²) in [5, 5.41) is 1.64. The number of rotatable bonds is 4. The molecule has 2 N–H and O–H groups in total. The van der Waals surface area contributed by atoms with Crippen molar-refractivity contribution in [3.05, 3.63) is 65.3 Å². The number of allylic oxidation sites excluding steroid dienone is 1. The molecule has 0 radical (unpaired) electrons. The van der Waals surface area contributed by atoms with Crippen LogP contribution in [0.4, 0.5) is 4.39 Å². The summed E-state index contributed by atoms with van der Waals surface area (Å²) in [4.78, 5) is 4.19. The topological polar surface area (TPSA) is 43.8 Å². The largest absolute Gasteiger partial charge is 0.337 e. The first kappa shape index (κ1) is 15.7. The summed E-state index contributed by atoms with van der Waals surface area (Å²) < 4.78 is 15.9. The number of hydrogen-bond acceptors (Lipinski definition) is 2. The van der Waals surface area contributed by atoms with Gasteiger partial charge in [-0.3, -0.25) is 4.98 Å². The van der Waals surface area contributed by atoms with E-state index in [9.17, 15) is 4.39 Å². The number of pyridine rings is 1. The number of benzene rings is 1. The van der Waals surface area contributed by atoms with Crippen molar-refractivity contribution < 1.29 is 4.39 Å². The van der Waals surface area contributed by atoms with Gasteiger partial charge in [0.25, 0.3) is 0 Å². The third-order valence-corrected chi connectivity index (χ3v) is 4.12. The molecule has 0 saturated carbocycles. The molecule has 0 aliphatic heterocycles. The second-order valence-electron chi connectivity index (χ2n) is 5.34. The van der Waals surface area contributed by atoms with Gasteiger partial charge < -0.3 is 10.3 Å². The molecular weight excluding hydrogens is 313 g/mol. The van der Waals surface area contributed by atoms with E-state index in [1.54, 1.807) is 12.4 Å². The summed E-state index contributed by atoms with van der Waals surface area (Å²) in [5.41, 5.74) is 9.31. The maximum absolute atomic E-state index is 14.0. The molecule has 0 amide bonds. The highest BCUT2D eigenvalue weighted by atomic mass is 35.5. The predicted octanol–water partition coefficient (Wildman–Crippen LogP) is 4.48. The van der Waals surface area contributed by atoms with Crippen LogP contribution in [0.2, 0.25) is 5.02 Å². The fourth-order valence-electron chi connectivity index (χ4n) is 2.88. The lowest BCUT2D eigenvalue weighted by Crippen LogP contribution is -2.03. The average molecular weight is 330 g/mol. The van der Waals surface area contributed by atoms with Gasteiger partial charge in [0.05, 0.1) is 6.54 Å². The van der Waals surface area contributed by atoms with Crippen LogP contribution in [0.25, 0.3) is 22.0 Å². The Morgan fingerprint density at radius 1 is 1.39 bits per heavy atom. The molecule has 0 aliphatic rings. The van der Waals surface area contributed by atoms with Gasteiger partial charge in [0.2, 0.25) is 0 Å². The minimum Gasteiger partial charge on any atom is -0.337 e. The molecule has 0 saturated heterocycles. The molecule has 3 nitrogen and oxygen atoms in total. The van der Waals surface area contributed by atoms with Gasteiger partial charge in [0.15, 0.2) is 0 Å². The van der Waals surface area contributed by atoms with E-state index < -0.39 is 0 Å². The highest BCUT2D eigenvalue weighted by Gasteiger charge is 2.16. The first-order chi connectivity index (χ1) is 11.1. The Kier molecular flexibility index (Phi) is 4.46. The molecule has 3 aromatic rings. The number of halogens is 2. The lowest BCUT2D eigenvalue weighted by atomic mass is 10.0. The fourth-order valence-corrected chi connectivity index (χ4v) is 3.05. The van der Waals surface area contributed by atoms with Crippen LogP contribution in [0.15, 0.2) is 54.6 Å². The summed E-state index contributed by atoms with van der Waals surface area (Å²) in [6.45, 7) is 2.32. The van der Waals surface area contributed by atoms with E-state index in [1.807, 2.05) is 41.8 Å². The molecule has 5 heteroatoms. The summed E-state index contributed by atoms with van der Waals surface area (Å²) in [6.07, 6.45) is 4.93. The quantitative estimate of drug-likeness (QED) is 0.767. The highest BCUT2D eigenvalue weighted by Crippen LogP contribution is 2.36. The molecule has 2 aromatic heterocycles. The number of fused-ring (bicyclic) bond motifs is 1. The third kappa shape index (κ3) is 3.00. The second kappa shape index (κ2) is 6.52. The van der Waals surface area contributed by atoms with Crippen LogP contribution in [-0.2, 0) is 6.54 Å². The minimum atomic E-state index is -0.250. The summed E-state index contributed by atoms with van der Waals surface area (Å²) in [7, 11) is 0. The van der Waals surface area contributed by atoms with E-state index >= 15 is 0 Å². The molecule has 118 valence electrons. The molecular formula is C18H17ClFN3. The first-order valence-corrected chi connectivity index (χ1v) is 7.73. The van der Waals surface area contributed by atoms with Crippen LogP contribution >= 0.6 is 11.6 Å². The number of nitrogens with two attached hydrogens (primary N) is 1. The standard InChI is InChI=1S/C18H17ClFN3/c1-12-18(13-3-2-8-22-10-13)16-9-14(19)4-5-17(16)23(12)11-15(20)6-7-21/h2-6,8-10H,7,11,21H2,1H3/b15-6-. The Bertz CT molecular complexity index is 869. The van der Waals surface area contributed by atoms with E-state index in [4.69, 9.17) is 17.3 Å². The van der Waals surface area contributed by atoms with Crippen LogP contribution in [0.1, 0.15) is 5.69 Å². The zero-order chi connectivity index (χ0) is 16.4. The van der Waals surface area contributed by atoms with Crippen molar-refractivity contribution in [2.24, 2.45) is 5.73 Å². The van der Waals surface area contributed by atoms with Gasteiger partial charge in [0, 0.05) is 51.7 Å². The van der Waals surface area contributed by atoms with Crippen molar-refractivity contribution in [1.29, 1.82) is 0 Å². The molecule has 0 spiro atoms. The Hall–Kier alpha value is -2.17. The maximum Gasteiger partial charge on any atom is 0.117 e. The normalized spacial score (nSPS) is 12.1. The maximum atomic E-state index is 14.0. The molecule has 0 fully saturated rings. The summed E-state index contributed by atoms with van der Waals surface area (Å²) in [5.74, 6) is -0.250. The van der Waals surface area contributed by atoms with Gasteiger partial charge in [-0.1, -0.05) is 17.7 Å². The van der Waals surface area contributed by atoms with Crippen LogP contribution in [0.3, 0.4) is 0 Å². The van der Waals surface area contributed by atoms with Gasteiger partial charge in [-0.05, 0) is 37.3 Å². The van der Waals surface area contributed by atoms with E-state index in [1.165, 1.54) is 6.08 Å². The summed E-state index contributed by atoms with van der Waals surface area (Å²) >= 11 is 6.17. The van der Waals surface area contributed by atoms with Crippen molar-refractivity contribution >= 4 is 22.5 Å². The van der Waals surface area contributed by atoms with Gasteiger partial charge in [-0.15, -0.1) is 0 Å². The second-order valence-corrected chi connectivity index (χ2v) is 5.77. The molecule has 23 heavy (non-hydrogen) atoms. The van der Waals surface area contributed by atoms with Crippen molar-refractivity contribution in [3.8, 4) is 11.1 Å². The molecule has 0 bridgehead atoms. The Balaban J connectivity index is 2.26. The lowest BCUT2D eigenvalue weighted by molar-refractivity contribution is 0.555. The zero-order valence-corrected chi connectivity index (χ0v) is 13.5. The van der Waals surface area contributed by atoms with Gasteiger partial charge in [0.1, 0.15) is 5.83 Å². The molecule has 0 aliphatic carbocycles.